The summed E-state index contributed by atoms with van der Waals surface area (Å²) in [4.78, 5) is 12.1. The second-order valence-corrected chi connectivity index (χ2v) is 4.84. The topological polar surface area (TPSA) is 37.3 Å². The van der Waals surface area contributed by atoms with E-state index < -0.39 is 6.10 Å². The van der Waals surface area contributed by atoms with Crippen molar-refractivity contribution in [1.82, 2.24) is 0 Å². The highest BCUT2D eigenvalue weighted by Gasteiger charge is 2.24. The van der Waals surface area contributed by atoms with Gasteiger partial charge in [-0.25, -0.2) is 0 Å². The molecule has 2 atom stereocenters. The first kappa shape index (κ1) is 14.9. The molecular formula is C16H24O2. The van der Waals surface area contributed by atoms with Gasteiger partial charge in [-0.1, -0.05) is 69.9 Å². The molecule has 0 fully saturated rings. The lowest BCUT2D eigenvalue weighted by Crippen LogP contribution is -2.29. The molecule has 2 unspecified atom stereocenters. The second-order valence-electron chi connectivity index (χ2n) is 4.84. The summed E-state index contributed by atoms with van der Waals surface area (Å²) in [6.45, 7) is 4.20. The Morgan fingerprint density at radius 3 is 2.39 bits per heavy atom. The number of Topliss-reactive ketones (excluding diaryl/α,β-unsaturated/α-hetero) is 1. The van der Waals surface area contributed by atoms with Gasteiger partial charge in [-0.05, 0) is 12.3 Å². The fourth-order valence-corrected chi connectivity index (χ4v) is 2.23. The number of carbonyl (C=O) groups is 1. The zero-order chi connectivity index (χ0) is 13.4. The predicted molar refractivity (Wildman–Crippen MR) is 74.7 cm³/mol. The zero-order valence-electron chi connectivity index (χ0n) is 11.4. The number of aliphatic hydroxyl groups is 1. The molecule has 0 aromatic heterocycles. The second kappa shape index (κ2) is 8.04. The van der Waals surface area contributed by atoms with Gasteiger partial charge in [0.15, 0.2) is 5.78 Å². The van der Waals surface area contributed by atoms with E-state index in [9.17, 15) is 9.90 Å². The number of hydrogen-bond acceptors (Lipinski definition) is 2. The molecule has 0 amide bonds. The van der Waals surface area contributed by atoms with Crippen molar-refractivity contribution >= 4 is 5.78 Å². The lowest BCUT2D eigenvalue weighted by atomic mass is 9.88. The molecule has 1 aromatic rings. The highest BCUT2D eigenvalue weighted by molar-refractivity contribution is 5.99. The lowest BCUT2D eigenvalue weighted by Gasteiger charge is -2.20. The number of ketones is 1. The van der Waals surface area contributed by atoms with Crippen LogP contribution in [0, 0.1) is 5.92 Å². The Hall–Kier alpha value is -1.15. The predicted octanol–water partition coefficient (Wildman–Crippen LogP) is 3.84. The Kier molecular flexibility index (Phi) is 6.66. The van der Waals surface area contributed by atoms with Crippen molar-refractivity contribution in [2.75, 3.05) is 0 Å². The van der Waals surface area contributed by atoms with E-state index in [0.717, 1.165) is 19.3 Å². The highest BCUT2D eigenvalue weighted by Crippen LogP contribution is 2.20. The average molecular weight is 248 g/mol. The van der Waals surface area contributed by atoms with Crippen molar-refractivity contribution in [2.24, 2.45) is 5.92 Å². The summed E-state index contributed by atoms with van der Waals surface area (Å²) in [6, 6.07) is 9.08. The van der Waals surface area contributed by atoms with Crippen LogP contribution >= 0.6 is 0 Å². The summed E-state index contributed by atoms with van der Waals surface area (Å²) < 4.78 is 0. The molecule has 0 aliphatic rings. The van der Waals surface area contributed by atoms with E-state index in [1.54, 1.807) is 12.1 Å². The maximum atomic E-state index is 12.1. The summed E-state index contributed by atoms with van der Waals surface area (Å²) in [5.74, 6) is -0.0526. The molecule has 0 saturated heterocycles. The van der Waals surface area contributed by atoms with E-state index in [2.05, 4.69) is 6.92 Å². The summed E-state index contributed by atoms with van der Waals surface area (Å²) in [7, 11) is 0. The third-order valence-corrected chi connectivity index (χ3v) is 3.48. The van der Waals surface area contributed by atoms with Crippen LogP contribution in [-0.2, 0) is 0 Å². The fourth-order valence-electron chi connectivity index (χ4n) is 2.23. The van der Waals surface area contributed by atoms with Gasteiger partial charge in [0, 0.05) is 5.56 Å². The van der Waals surface area contributed by atoms with Crippen LogP contribution in [-0.4, -0.2) is 17.0 Å². The highest BCUT2D eigenvalue weighted by atomic mass is 16.3. The van der Waals surface area contributed by atoms with Gasteiger partial charge < -0.3 is 5.11 Å². The normalized spacial score (nSPS) is 14.2. The third-order valence-electron chi connectivity index (χ3n) is 3.48. The van der Waals surface area contributed by atoms with Crippen LogP contribution in [0.4, 0.5) is 0 Å². The summed E-state index contributed by atoms with van der Waals surface area (Å²) in [6.07, 6.45) is 4.36. The number of aliphatic hydroxyl groups excluding tert-OH is 1. The first-order valence-electron chi connectivity index (χ1n) is 6.98. The smallest absolute Gasteiger partial charge is 0.191 e. The molecule has 0 radical (unpaired) electrons. The molecule has 0 saturated carbocycles. The minimum Gasteiger partial charge on any atom is -0.385 e. The van der Waals surface area contributed by atoms with Crippen LogP contribution in [0.1, 0.15) is 56.3 Å². The number of unbranched alkanes of at least 4 members (excludes halogenated alkanes) is 2. The van der Waals surface area contributed by atoms with E-state index in [1.807, 2.05) is 25.1 Å². The van der Waals surface area contributed by atoms with Crippen molar-refractivity contribution in [3.8, 4) is 0 Å². The summed E-state index contributed by atoms with van der Waals surface area (Å²) >= 11 is 0. The van der Waals surface area contributed by atoms with Crippen molar-refractivity contribution in [3.63, 3.8) is 0 Å². The minimum absolute atomic E-state index is 0.0873. The molecule has 18 heavy (non-hydrogen) atoms. The van der Waals surface area contributed by atoms with Gasteiger partial charge in [0.05, 0.1) is 0 Å². The maximum absolute atomic E-state index is 12.1. The van der Waals surface area contributed by atoms with Crippen LogP contribution in [0.2, 0.25) is 0 Å². The minimum atomic E-state index is -0.853. The number of benzene rings is 1. The van der Waals surface area contributed by atoms with Crippen LogP contribution in [0.3, 0.4) is 0 Å². The molecule has 1 aromatic carbocycles. The van der Waals surface area contributed by atoms with E-state index >= 15 is 0 Å². The van der Waals surface area contributed by atoms with Crippen LogP contribution in [0.5, 0.6) is 0 Å². The van der Waals surface area contributed by atoms with Gasteiger partial charge in [-0.15, -0.1) is 0 Å². The SMILES string of the molecule is CCCCCC(CC)C(O)C(=O)c1ccccc1. The molecule has 100 valence electrons. The van der Waals surface area contributed by atoms with E-state index in [0.29, 0.717) is 5.56 Å². The molecule has 2 nitrogen and oxygen atoms in total. The first-order chi connectivity index (χ1) is 8.70. The van der Waals surface area contributed by atoms with Crippen LogP contribution < -0.4 is 0 Å². The molecule has 0 heterocycles. The molecule has 1 N–H and O–H groups in total. The quantitative estimate of drug-likeness (QED) is 0.560. The average Bonchev–Trinajstić information content (AvgIpc) is 2.43. The lowest BCUT2D eigenvalue weighted by molar-refractivity contribution is 0.0576. The Bertz CT molecular complexity index is 345. The monoisotopic (exact) mass is 248 g/mol. The fraction of sp³-hybridized carbons (Fsp3) is 0.562. The molecule has 0 aliphatic carbocycles. The van der Waals surface area contributed by atoms with Gasteiger partial charge in [0.25, 0.3) is 0 Å². The Morgan fingerprint density at radius 2 is 1.83 bits per heavy atom. The molecule has 1 rings (SSSR count). The van der Waals surface area contributed by atoms with Gasteiger partial charge >= 0.3 is 0 Å². The Labute approximate surface area is 110 Å². The summed E-state index contributed by atoms with van der Waals surface area (Å²) in [5.41, 5.74) is 0.610. The largest absolute Gasteiger partial charge is 0.385 e. The van der Waals surface area contributed by atoms with Crippen LogP contribution in [0.15, 0.2) is 30.3 Å². The molecule has 0 bridgehead atoms. The van der Waals surface area contributed by atoms with Crippen molar-refractivity contribution in [3.05, 3.63) is 35.9 Å². The standard InChI is InChI=1S/C16H24O2/c1-3-5-7-10-13(4-2)15(17)16(18)14-11-8-6-9-12-14/h6,8-9,11-13,15,17H,3-5,7,10H2,1-2H3. The third kappa shape index (κ3) is 4.26. The zero-order valence-corrected chi connectivity index (χ0v) is 11.4. The van der Waals surface area contributed by atoms with E-state index in [-0.39, 0.29) is 11.7 Å². The molecule has 0 aliphatic heterocycles. The first-order valence-corrected chi connectivity index (χ1v) is 6.98. The van der Waals surface area contributed by atoms with Gasteiger partial charge in [0.2, 0.25) is 0 Å². The van der Waals surface area contributed by atoms with E-state index in [4.69, 9.17) is 0 Å². The van der Waals surface area contributed by atoms with Crippen molar-refractivity contribution in [2.45, 2.75) is 52.1 Å². The molecule has 0 spiro atoms. The summed E-state index contributed by atoms with van der Waals surface area (Å²) in [5, 5.41) is 10.2. The van der Waals surface area contributed by atoms with E-state index in [1.165, 1.54) is 12.8 Å². The number of carbonyl (C=O) groups excluding carboxylic acids is 1. The molecule has 2 heteroatoms. The Morgan fingerprint density at radius 1 is 1.17 bits per heavy atom. The number of hydrogen-bond donors (Lipinski definition) is 1. The molecular weight excluding hydrogens is 224 g/mol. The number of rotatable bonds is 8. The Balaban J connectivity index is 2.60. The van der Waals surface area contributed by atoms with Crippen molar-refractivity contribution in [1.29, 1.82) is 0 Å². The van der Waals surface area contributed by atoms with Gasteiger partial charge in [0.1, 0.15) is 6.10 Å². The van der Waals surface area contributed by atoms with Gasteiger partial charge in [-0.2, -0.15) is 0 Å². The van der Waals surface area contributed by atoms with Crippen molar-refractivity contribution < 1.29 is 9.90 Å². The maximum Gasteiger partial charge on any atom is 0.191 e. The van der Waals surface area contributed by atoms with Gasteiger partial charge in [-0.3, -0.25) is 4.79 Å². The van der Waals surface area contributed by atoms with Crippen LogP contribution in [0.25, 0.3) is 0 Å².